The molecule has 10 aliphatic rings. The molecule has 128 heavy (non-hydrogen) atoms. The summed E-state index contributed by atoms with van der Waals surface area (Å²) in [4.78, 5) is 168. The summed E-state index contributed by atoms with van der Waals surface area (Å²) in [7, 11) is 1.28. The van der Waals surface area contributed by atoms with Crippen LogP contribution in [0.15, 0.2) is 103 Å². The largest absolute Gasteiger partial charge is 0.508 e. The molecule has 5 fully saturated rings. The van der Waals surface area contributed by atoms with Gasteiger partial charge in [0.25, 0.3) is 0 Å². The number of benzene rings is 6. The van der Waals surface area contributed by atoms with Crippen molar-refractivity contribution < 1.29 is 122 Å². The molecule has 6 aromatic rings. The van der Waals surface area contributed by atoms with E-state index in [4.69, 9.17) is 44.8 Å². The number of halogens is 1. The van der Waals surface area contributed by atoms with Crippen molar-refractivity contribution in [1.29, 1.82) is 0 Å². The first-order chi connectivity index (χ1) is 60.4. The van der Waals surface area contributed by atoms with Crippen LogP contribution in [0.3, 0.4) is 0 Å². The molecule has 0 aromatic heterocycles. The number of amides is 12. The minimum atomic E-state index is -2.40. The molecular formula is C91H110ClN11O25. The molecule has 0 unspecified atom stereocenters. The number of carbonyl (C=O) groups excluding carboxylic acids is 11. The summed E-state index contributed by atoms with van der Waals surface area (Å²) in [5.41, 5.74) is -2.76. The number of aliphatic hydroxyl groups excluding tert-OH is 5. The fourth-order valence-electron chi connectivity index (χ4n) is 17.8. The zero-order valence-corrected chi connectivity index (χ0v) is 73.5. The Hall–Kier alpha value is -12.1. The molecule has 6 aromatic carbocycles. The summed E-state index contributed by atoms with van der Waals surface area (Å²) < 4.78 is 43.1. The highest BCUT2D eigenvalue weighted by atomic mass is 35.5. The highest BCUT2D eigenvalue weighted by Gasteiger charge is 2.52. The lowest BCUT2D eigenvalue weighted by atomic mass is 9.54. The number of anilines is 1. The number of likely N-dealkylation sites (N-methyl/N-ethyl adjacent to an activating group) is 1. The average Bonchev–Trinajstić information content (AvgIpc) is 0.777. The van der Waals surface area contributed by atoms with Crippen molar-refractivity contribution >= 4 is 82.8 Å². The predicted octanol–water partition coefficient (Wildman–Crippen LogP) is 7.81. The summed E-state index contributed by atoms with van der Waals surface area (Å²) in [5, 5.41) is 110. The van der Waals surface area contributed by atoms with Gasteiger partial charge in [-0.25, -0.2) is 14.4 Å². The Labute approximate surface area is 742 Å². The van der Waals surface area contributed by atoms with Gasteiger partial charge in [-0.05, 0) is 259 Å². The van der Waals surface area contributed by atoms with Crippen molar-refractivity contribution in [3.05, 3.63) is 147 Å². The van der Waals surface area contributed by atoms with Crippen molar-refractivity contribution in [3.63, 3.8) is 0 Å². The molecule has 0 radical (unpaired) electrons. The summed E-state index contributed by atoms with van der Waals surface area (Å²) in [6.07, 6.45) is -12.4. The van der Waals surface area contributed by atoms with Gasteiger partial charge in [-0.3, -0.25) is 48.6 Å². The van der Waals surface area contributed by atoms with E-state index in [9.17, 15) is 54.9 Å². The second-order valence-electron chi connectivity index (χ2n) is 36.3. The fraction of sp³-hybridized carbons (Fsp3) is 0.484. The van der Waals surface area contributed by atoms with Crippen molar-refractivity contribution in [1.82, 2.24) is 52.8 Å². The van der Waals surface area contributed by atoms with E-state index in [2.05, 4.69) is 53.2 Å². The molecule has 6 aliphatic heterocycles. The van der Waals surface area contributed by atoms with Crippen molar-refractivity contribution in [2.45, 2.75) is 230 Å². The van der Waals surface area contributed by atoms with Crippen molar-refractivity contribution in [2.24, 2.45) is 29.6 Å². The first kappa shape index (κ1) is 93.6. The predicted molar refractivity (Wildman–Crippen MR) is 459 cm³/mol. The maximum Gasteiger partial charge on any atom is 0.410 e. The van der Waals surface area contributed by atoms with Crippen LogP contribution in [-0.2, 0) is 52.6 Å². The van der Waals surface area contributed by atoms with Crippen molar-refractivity contribution in [2.75, 3.05) is 25.5 Å². The average molecular weight is 1790 g/mol. The van der Waals surface area contributed by atoms with Gasteiger partial charge in [0, 0.05) is 30.9 Å². The molecule has 4 aliphatic carbocycles. The highest BCUT2D eigenvalue weighted by molar-refractivity contribution is 6.32. The van der Waals surface area contributed by atoms with E-state index in [1.807, 2.05) is 6.92 Å². The summed E-state index contributed by atoms with van der Waals surface area (Å²) in [5.74, 6) is -11.9. The summed E-state index contributed by atoms with van der Waals surface area (Å²) in [6, 6.07) is 5.84. The maximum atomic E-state index is 16.7. The van der Waals surface area contributed by atoms with E-state index in [0.717, 1.165) is 61.3 Å². The van der Waals surface area contributed by atoms with Crippen LogP contribution in [0.25, 0.3) is 11.1 Å². The number of alkyl carbamates (subject to hydrolysis) is 1. The lowest BCUT2D eigenvalue weighted by Gasteiger charge is -2.54. The monoisotopic (exact) mass is 1790 g/mol. The number of nitrogens with one attached hydrogen (secondary N) is 10. The van der Waals surface area contributed by atoms with Crippen LogP contribution >= 0.6 is 11.6 Å². The second kappa shape index (κ2) is 38.5. The van der Waals surface area contributed by atoms with Gasteiger partial charge in [-0.15, -0.1) is 0 Å². The molecule has 4 saturated carbocycles. The number of hydrogen-bond donors (Lipinski definition) is 17. The maximum absolute atomic E-state index is 16.7. The molecule has 36 nitrogen and oxygen atoms in total. The van der Waals surface area contributed by atoms with Gasteiger partial charge >= 0.3 is 18.2 Å². The Bertz CT molecular complexity index is 5240. The minimum absolute atomic E-state index is 0.0567. The number of fused-ring (bicyclic) bond motifs is 15. The molecule has 686 valence electrons. The Morgan fingerprint density at radius 1 is 0.625 bits per heavy atom. The van der Waals surface area contributed by atoms with Crippen LogP contribution < -0.4 is 72.1 Å². The number of aliphatic hydroxyl groups is 5. The highest BCUT2D eigenvalue weighted by Crippen LogP contribution is 2.55. The van der Waals surface area contributed by atoms with Crippen LogP contribution in [0.2, 0.25) is 5.02 Å². The molecule has 16 rings (SSSR count). The summed E-state index contributed by atoms with van der Waals surface area (Å²) in [6.45, 7) is 17.8. The number of aromatic hydroxyl groups is 2. The first-order valence-electron chi connectivity index (χ1n) is 42.7. The standard InChI is InChI=1S/C91H110ClN11O25/c1-13-24-122-53-19-17-51(18-20-53)94-87(119)96-65(106)38-57-79(112)98-69-50-35-62(123-60-22-15-46(26-41(60)4)73(107)71(84(117)95-57)101-80(113)58(25-40(2)3)103(12)89(121)128-91(9,10)11)78(126-86-77(111)76(110)75(109)64(125-86)39-93-88(120)127-90(6,7)8)63(36-50)124-61-23-16-47(34-56(61)92)74(108)72-85(118)100-70(83(116)97-67-48-29-43-28-44(31-48)32-49(67)30-43)55-37-52(104)27-42(5)66(55)54-33-45(14-21-59(54)105)68(81(114)102-72)99-82(69)115/h14-23,26-27,33-37,40,43-44,48-49,57-58,64,67-77,86,104-105,107-111H,13,24-25,28-32,38-39H2,1-12H3,(H,93,120)(H,95,117)(H,97,116)(H,98,112)(H,99,115)(H,100,118)(H,101,113)(H,102,114)(H2,94,96,106,119)/t43?,44?,48?,49?,57-,58+,64+,67?,68+,69+,70-,71+,72-,73+,74+,75+,76-,77+,86-/m0/s1. The molecule has 15 bridgehead atoms. The lowest BCUT2D eigenvalue weighted by Crippen LogP contribution is -2.61. The van der Waals surface area contributed by atoms with Gasteiger partial charge in [0.2, 0.25) is 59.3 Å². The number of nitrogens with zero attached hydrogens (tertiary/aromatic N) is 1. The quantitative estimate of drug-likeness (QED) is 0.0414. The molecule has 37 heteroatoms. The van der Waals surface area contributed by atoms with Gasteiger partial charge in [-0.1, -0.05) is 50.6 Å². The smallest absolute Gasteiger partial charge is 0.410 e. The third kappa shape index (κ3) is 21.5. The number of ether oxygens (including phenoxy) is 7. The Morgan fingerprint density at radius 3 is 1.88 bits per heavy atom. The van der Waals surface area contributed by atoms with E-state index in [1.165, 1.54) is 80.7 Å². The molecular weight excluding hydrogens is 1680 g/mol. The van der Waals surface area contributed by atoms with E-state index in [1.54, 1.807) is 74.4 Å². The number of phenols is 2. The second-order valence-corrected chi connectivity index (χ2v) is 36.7. The number of hydrogen-bond acceptors (Lipinski definition) is 25. The number of aryl methyl sites for hydroxylation is 2. The third-order valence-electron chi connectivity index (χ3n) is 23.7. The van der Waals surface area contributed by atoms with Crippen LogP contribution in [-0.4, -0.2) is 198 Å². The molecule has 12 amide bonds. The topological polar surface area (TPSA) is 518 Å². The zero-order chi connectivity index (χ0) is 92.6. The molecule has 17 N–H and O–H groups in total. The molecule has 1 saturated heterocycles. The third-order valence-corrected chi connectivity index (χ3v) is 24.0. The van der Waals surface area contributed by atoms with Gasteiger partial charge in [0.1, 0.15) is 119 Å². The van der Waals surface area contributed by atoms with Crippen molar-refractivity contribution in [3.8, 4) is 57.1 Å². The Kier molecular flexibility index (Phi) is 28.1. The van der Waals surface area contributed by atoms with E-state index >= 15 is 33.6 Å². The molecule has 0 spiro atoms. The fourth-order valence-corrected chi connectivity index (χ4v) is 18.0. The van der Waals surface area contributed by atoms with E-state index in [-0.39, 0.29) is 97.7 Å². The Morgan fingerprint density at radius 2 is 1.24 bits per heavy atom. The normalized spacial score (nSPS) is 26.4. The number of imide groups is 1. The van der Waals surface area contributed by atoms with E-state index in [0.29, 0.717) is 30.6 Å². The van der Waals surface area contributed by atoms with Crippen LogP contribution in [0, 0.1) is 43.4 Å². The Balaban J connectivity index is 0.999. The van der Waals surface area contributed by atoms with Gasteiger partial charge < -0.3 is 117 Å². The molecule has 14 atom stereocenters. The SMILES string of the molecule is CCCOc1ccc(NC(=O)NC(=O)C[C@@H]2NC(=O)[C@H](NC(=O)[C@@H](CC(C)C)N(C)C(=O)OC(C)(C)C)[C@H](O)c3ccc(c(C)c3)Oc3cc4cc(c3O[C@@H]3O[C@H](CNC(=O)OC(C)(C)C)[C@@H](O)[C@H](O)[C@H]3O)Oc3ccc(cc3Cl)[C@@H](O)[C@@H]3NC(=O)[C@H](NC(=O)[C@@H]4NC2=O)c2ccc(O)c(c2)-c2c(C)cc(O)cc2[C@@H](C(=O)NC2C4CC5CC(C4)CC2C5)NC3=O)cc1. The van der Waals surface area contributed by atoms with Crippen LogP contribution in [0.4, 0.5) is 20.1 Å². The first-order valence-corrected chi connectivity index (χ1v) is 43.0. The van der Waals surface area contributed by atoms with Gasteiger partial charge in [0.15, 0.2) is 11.5 Å². The number of urea groups is 1. The number of rotatable bonds is 17. The minimum Gasteiger partial charge on any atom is -0.508 e. The van der Waals surface area contributed by atoms with Gasteiger partial charge in [-0.2, -0.15) is 0 Å². The van der Waals surface area contributed by atoms with E-state index < -0.39 is 208 Å². The lowest BCUT2D eigenvalue weighted by molar-refractivity contribution is -0.270. The number of phenolic OH excluding ortho intramolecular Hbond substituents is 2. The van der Waals surface area contributed by atoms with Gasteiger partial charge in [0.05, 0.1) is 18.1 Å². The van der Waals surface area contributed by atoms with Crippen LogP contribution in [0.5, 0.6) is 46.0 Å². The molecule has 6 heterocycles. The zero-order valence-electron chi connectivity index (χ0n) is 72.7. The van der Waals surface area contributed by atoms with Crippen LogP contribution in [0.1, 0.15) is 183 Å². The number of carbonyl (C=O) groups is 11. The summed E-state index contributed by atoms with van der Waals surface area (Å²) >= 11 is 7.28.